The highest BCUT2D eigenvalue weighted by atomic mass is 16.5. The first kappa shape index (κ1) is 24.2. The van der Waals surface area contributed by atoms with Crippen LogP contribution in [0.15, 0.2) is 36.5 Å². The van der Waals surface area contributed by atoms with Gasteiger partial charge in [-0.15, -0.1) is 0 Å². The molecule has 2 aromatic heterocycles. The number of ether oxygens (including phenoxy) is 1. The van der Waals surface area contributed by atoms with E-state index in [1.165, 1.54) is 6.21 Å². The van der Waals surface area contributed by atoms with Gasteiger partial charge in [-0.3, -0.25) is 4.68 Å². The molecule has 6 N–H and O–H groups in total. The number of nitrogens with zero attached hydrogens (tertiary/aromatic N) is 3. The van der Waals surface area contributed by atoms with Crippen LogP contribution in [-0.2, 0) is 13.6 Å². The predicted octanol–water partition coefficient (Wildman–Crippen LogP) is 2.92. The largest absolute Gasteiger partial charge is 0.491 e. The molecule has 0 aliphatic heterocycles. The first-order chi connectivity index (χ1) is 15.8. The number of hydrogen-bond donors (Lipinski definition) is 5. The fraction of sp³-hybridized carbons (Fsp3) is 0.375. The number of aliphatic hydroxyl groups excluding tert-OH is 1. The monoisotopic (exact) mass is 451 g/mol. The minimum Gasteiger partial charge on any atom is -0.491 e. The van der Waals surface area contributed by atoms with Crippen molar-refractivity contribution in [1.82, 2.24) is 14.8 Å². The number of pyridine rings is 1. The lowest BCUT2D eigenvalue weighted by Gasteiger charge is -2.18. The van der Waals surface area contributed by atoms with Crippen molar-refractivity contribution in [2.75, 3.05) is 23.8 Å². The molecule has 0 amide bonds. The Bertz CT molecular complexity index is 1090. The van der Waals surface area contributed by atoms with Crippen molar-refractivity contribution >= 4 is 17.7 Å². The second-order valence-electron chi connectivity index (χ2n) is 8.22. The molecule has 0 saturated heterocycles. The number of nitrogens with one attached hydrogen (secondary N) is 3. The molecule has 33 heavy (non-hydrogen) atoms. The third kappa shape index (κ3) is 6.09. The minimum absolute atomic E-state index is 0.123. The number of benzene rings is 1. The van der Waals surface area contributed by atoms with E-state index in [-0.39, 0.29) is 19.2 Å². The average molecular weight is 452 g/mol. The molecule has 0 bridgehead atoms. The van der Waals surface area contributed by atoms with Crippen LogP contribution in [0.1, 0.15) is 30.7 Å². The summed E-state index contributed by atoms with van der Waals surface area (Å²) in [5, 5.41) is 28.8. The van der Waals surface area contributed by atoms with E-state index in [4.69, 9.17) is 20.9 Å². The Balaban J connectivity index is 1.96. The van der Waals surface area contributed by atoms with Crippen molar-refractivity contribution in [2.24, 2.45) is 12.8 Å². The van der Waals surface area contributed by atoms with Crippen LogP contribution in [0.2, 0.25) is 0 Å². The van der Waals surface area contributed by atoms with Crippen LogP contribution >= 0.6 is 0 Å². The number of anilines is 2. The van der Waals surface area contributed by atoms with E-state index in [1.807, 2.05) is 69.0 Å². The lowest BCUT2D eigenvalue weighted by atomic mass is 10.1. The molecule has 0 saturated carbocycles. The van der Waals surface area contributed by atoms with Gasteiger partial charge in [-0.1, -0.05) is 12.1 Å². The lowest BCUT2D eigenvalue weighted by molar-refractivity contribution is 0.114. The molecular formula is C24H33N7O2. The van der Waals surface area contributed by atoms with Gasteiger partial charge in [0.1, 0.15) is 24.3 Å². The normalized spacial score (nSPS) is 12.0. The zero-order valence-electron chi connectivity index (χ0n) is 19.6. The molecule has 0 aliphatic rings. The van der Waals surface area contributed by atoms with Gasteiger partial charge >= 0.3 is 0 Å². The van der Waals surface area contributed by atoms with Crippen LogP contribution < -0.4 is 21.1 Å². The van der Waals surface area contributed by atoms with Crippen LogP contribution in [0.25, 0.3) is 11.3 Å². The Hall–Kier alpha value is -3.43. The summed E-state index contributed by atoms with van der Waals surface area (Å²) < 4.78 is 7.52. The molecule has 3 aromatic rings. The third-order valence-corrected chi connectivity index (χ3v) is 5.28. The van der Waals surface area contributed by atoms with Crippen LogP contribution in [0.4, 0.5) is 11.5 Å². The van der Waals surface area contributed by atoms with E-state index in [9.17, 15) is 5.11 Å². The topological polar surface area (TPSA) is 134 Å². The Kier molecular flexibility index (Phi) is 8.02. The second kappa shape index (κ2) is 10.9. The SMILES string of the molecule is Cc1c(CNc2cc(-c3cccc(OCC(O)CN)c3)nc(NC(C)C)c2C=N)cnn1C. The van der Waals surface area contributed by atoms with Crippen LogP contribution in [0.3, 0.4) is 0 Å². The Labute approximate surface area is 194 Å². The number of nitrogens with two attached hydrogens (primary N) is 1. The van der Waals surface area contributed by atoms with Gasteiger partial charge in [0.25, 0.3) is 0 Å². The summed E-state index contributed by atoms with van der Waals surface area (Å²) in [4.78, 5) is 4.80. The maximum absolute atomic E-state index is 9.69. The summed E-state index contributed by atoms with van der Waals surface area (Å²) in [6.07, 6.45) is 2.44. The molecule has 0 fully saturated rings. The molecule has 9 nitrogen and oxygen atoms in total. The first-order valence-electron chi connectivity index (χ1n) is 11.0. The highest BCUT2D eigenvalue weighted by molar-refractivity contribution is 5.93. The van der Waals surface area contributed by atoms with Crippen molar-refractivity contribution in [3.63, 3.8) is 0 Å². The third-order valence-electron chi connectivity index (χ3n) is 5.28. The summed E-state index contributed by atoms with van der Waals surface area (Å²) in [6, 6.07) is 9.62. The van der Waals surface area contributed by atoms with Gasteiger partial charge in [0, 0.05) is 54.9 Å². The van der Waals surface area contributed by atoms with E-state index in [2.05, 4.69) is 15.7 Å². The second-order valence-corrected chi connectivity index (χ2v) is 8.22. The first-order valence-corrected chi connectivity index (χ1v) is 11.0. The van der Waals surface area contributed by atoms with Gasteiger partial charge in [-0.25, -0.2) is 4.98 Å². The smallest absolute Gasteiger partial charge is 0.137 e. The molecule has 0 spiro atoms. The standard InChI is InChI=1S/C24H33N7O2/c1-15(2)29-24-21(11-26)23(27-12-18-13-28-31(4)16(18)3)9-22(30-24)17-6-5-7-20(8-17)33-14-19(32)10-25/h5-9,11,13,15,19,26,32H,10,12,14,25H2,1-4H3,(H2,27,29,30). The highest BCUT2D eigenvalue weighted by Gasteiger charge is 2.15. The average Bonchev–Trinajstić information content (AvgIpc) is 3.12. The predicted molar refractivity (Wildman–Crippen MR) is 132 cm³/mol. The van der Waals surface area contributed by atoms with Crippen molar-refractivity contribution < 1.29 is 9.84 Å². The maximum Gasteiger partial charge on any atom is 0.137 e. The zero-order valence-corrected chi connectivity index (χ0v) is 19.6. The quantitative estimate of drug-likeness (QED) is 0.283. The number of aromatic nitrogens is 3. The fourth-order valence-electron chi connectivity index (χ4n) is 3.29. The number of hydrogen-bond acceptors (Lipinski definition) is 8. The van der Waals surface area contributed by atoms with Gasteiger partial charge in [-0.05, 0) is 39.0 Å². The van der Waals surface area contributed by atoms with Crippen molar-refractivity contribution in [3.05, 3.63) is 53.3 Å². The maximum atomic E-state index is 9.69. The molecule has 1 unspecified atom stereocenters. The van der Waals surface area contributed by atoms with Crippen molar-refractivity contribution in [2.45, 2.75) is 39.5 Å². The molecule has 176 valence electrons. The van der Waals surface area contributed by atoms with Gasteiger partial charge in [-0.2, -0.15) is 5.10 Å². The van der Waals surface area contributed by atoms with Gasteiger partial charge < -0.3 is 31.6 Å². The van der Waals surface area contributed by atoms with E-state index in [0.717, 1.165) is 28.2 Å². The molecule has 2 heterocycles. The van der Waals surface area contributed by atoms with Crippen LogP contribution in [-0.4, -0.2) is 51.4 Å². The lowest BCUT2D eigenvalue weighted by Crippen LogP contribution is -2.26. The zero-order chi connectivity index (χ0) is 24.0. The minimum atomic E-state index is -0.716. The molecule has 9 heteroatoms. The van der Waals surface area contributed by atoms with Gasteiger partial charge in [0.2, 0.25) is 0 Å². The van der Waals surface area contributed by atoms with Crippen LogP contribution in [0.5, 0.6) is 5.75 Å². The summed E-state index contributed by atoms with van der Waals surface area (Å²) in [5.74, 6) is 1.25. The molecular weight excluding hydrogens is 418 g/mol. The van der Waals surface area contributed by atoms with Crippen molar-refractivity contribution in [3.8, 4) is 17.0 Å². The Morgan fingerprint density at radius 3 is 2.73 bits per heavy atom. The molecule has 3 rings (SSSR count). The number of aliphatic hydroxyl groups is 1. The van der Waals surface area contributed by atoms with E-state index < -0.39 is 6.10 Å². The fourth-order valence-corrected chi connectivity index (χ4v) is 3.29. The van der Waals surface area contributed by atoms with Gasteiger partial charge in [0.15, 0.2) is 0 Å². The van der Waals surface area contributed by atoms with E-state index >= 15 is 0 Å². The Morgan fingerprint density at radius 1 is 1.30 bits per heavy atom. The summed E-state index contributed by atoms with van der Waals surface area (Å²) in [7, 11) is 1.92. The van der Waals surface area contributed by atoms with Crippen molar-refractivity contribution in [1.29, 1.82) is 5.41 Å². The molecule has 1 atom stereocenters. The van der Waals surface area contributed by atoms with Gasteiger partial charge in [0.05, 0.1) is 17.5 Å². The summed E-state index contributed by atoms with van der Waals surface area (Å²) in [5.41, 5.74) is 10.7. The molecule has 0 radical (unpaired) electrons. The van der Waals surface area contributed by atoms with Crippen LogP contribution in [0, 0.1) is 12.3 Å². The van der Waals surface area contributed by atoms with E-state index in [0.29, 0.717) is 23.7 Å². The van der Waals surface area contributed by atoms with E-state index in [1.54, 1.807) is 0 Å². The number of rotatable bonds is 11. The molecule has 0 aliphatic carbocycles. The summed E-state index contributed by atoms with van der Waals surface area (Å²) >= 11 is 0. The number of aryl methyl sites for hydroxylation is 1. The molecule has 1 aromatic carbocycles. The highest BCUT2D eigenvalue weighted by Crippen LogP contribution is 2.31. The summed E-state index contributed by atoms with van der Waals surface area (Å²) in [6.45, 7) is 6.93. The Morgan fingerprint density at radius 2 is 2.09 bits per heavy atom.